The van der Waals surface area contributed by atoms with Crippen LogP contribution in [0.15, 0.2) is 138 Å². The van der Waals surface area contributed by atoms with Gasteiger partial charge in [0, 0.05) is 54.5 Å². The number of furan rings is 1. The summed E-state index contributed by atoms with van der Waals surface area (Å²) in [4.78, 5) is 8.86. The molecule has 8 aromatic rings. The van der Waals surface area contributed by atoms with Crippen molar-refractivity contribution in [1.29, 1.82) is 0 Å². The number of nitrogens with zero attached hydrogens (tertiary/aromatic N) is 2. The molecule has 0 saturated carbocycles. The quantitative estimate of drug-likeness (QED) is 0.177. The van der Waals surface area contributed by atoms with Gasteiger partial charge in [-0.2, -0.15) is 0 Å². The van der Waals surface area contributed by atoms with Gasteiger partial charge < -0.3 is 19.7 Å². The Morgan fingerprint density at radius 3 is 2.26 bits per heavy atom. The van der Waals surface area contributed by atoms with Gasteiger partial charge in [-0.15, -0.1) is 59.7 Å². The van der Waals surface area contributed by atoms with Gasteiger partial charge in [-0.25, -0.2) is 0 Å². The number of benzene rings is 5. The minimum Gasteiger partial charge on any atom is -0.456 e. The summed E-state index contributed by atoms with van der Waals surface area (Å²) in [6.45, 7) is 4.27. The molecule has 0 saturated heterocycles. The van der Waals surface area contributed by atoms with E-state index in [9.17, 15) is 0 Å². The first-order chi connectivity index (χ1) is 22.6. The second-order valence-corrected chi connectivity index (χ2v) is 11.5. The van der Waals surface area contributed by atoms with E-state index in [0.717, 1.165) is 72.5 Å². The summed E-state index contributed by atoms with van der Waals surface area (Å²) in [7, 11) is 0. The number of hydrogen-bond donors (Lipinski definition) is 1. The number of rotatable bonds is 2. The van der Waals surface area contributed by atoms with Crippen LogP contribution in [0, 0.1) is 26.0 Å². The predicted octanol–water partition coefficient (Wildman–Crippen LogP) is 11.0. The van der Waals surface area contributed by atoms with Gasteiger partial charge in [-0.1, -0.05) is 66.2 Å². The van der Waals surface area contributed by atoms with Gasteiger partial charge >= 0.3 is 0 Å². The Balaban J connectivity index is 0.000000228. The minimum atomic E-state index is 0. The maximum atomic E-state index is 6.38. The Kier molecular flexibility index (Phi) is 8.26. The predicted molar refractivity (Wildman–Crippen MR) is 188 cm³/mol. The molecule has 0 unspecified atom stereocenters. The largest absolute Gasteiger partial charge is 0.456 e. The Hall–Kier alpha value is -5.35. The molecular formula is C42H29IrN3O-2. The number of fused-ring (bicyclic) bond motifs is 10. The number of aromatic nitrogens is 2. The number of anilines is 2. The van der Waals surface area contributed by atoms with Crippen molar-refractivity contribution in [2.24, 2.45) is 0 Å². The van der Waals surface area contributed by atoms with E-state index in [4.69, 9.17) is 4.42 Å². The van der Waals surface area contributed by atoms with E-state index in [-0.39, 0.29) is 20.1 Å². The van der Waals surface area contributed by atoms with Crippen LogP contribution in [0.1, 0.15) is 11.1 Å². The molecule has 0 fully saturated rings. The van der Waals surface area contributed by atoms with Crippen molar-refractivity contribution in [2.45, 2.75) is 13.8 Å². The summed E-state index contributed by atoms with van der Waals surface area (Å²) in [5.74, 6) is 0. The van der Waals surface area contributed by atoms with Crippen LogP contribution in [0.4, 0.5) is 11.4 Å². The summed E-state index contributed by atoms with van der Waals surface area (Å²) >= 11 is 0. The number of nitrogens with one attached hydrogen (secondary N) is 1. The van der Waals surface area contributed by atoms with Crippen molar-refractivity contribution < 1.29 is 24.5 Å². The van der Waals surface area contributed by atoms with Crippen molar-refractivity contribution in [3.63, 3.8) is 0 Å². The van der Waals surface area contributed by atoms with Crippen LogP contribution in [0.5, 0.6) is 0 Å². The molecule has 4 nitrogen and oxygen atoms in total. The molecule has 1 aliphatic heterocycles. The fourth-order valence-corrected chi connectivity index (χ4v) is 6.22. The van der Waals surface area contributed by atoms with Crippen LogP contribution in [0.25, 0.3) is 66.7 Å². The molecule has 1 radical (unpaired) electrons. The van der Waals surface area contributed by atoms with E-state index in [1.54, 1.807) is 6.20 Å². The minimum absolute atomic E-state index is 0. The summed E-state index contributed by atoms with van der Waals surface area (Å²) in [6, 6.07) is 47.6. The first-order valence-electron chi connectivity index (χ1n) is 15.3. The number of para-hydroxylation sites is 2. The average Bonchev–Trinajstić information content (AvgIpc) is 3.48. The van der Waals surface area contributed by atoms with Gasteiger partial charge in [0.1, 0.15) is 11.2 Å². The van der Waals surface area contributed by atoms with Crippen molar-refractivity contribution >= 4 is 33.3 Å². The van der Waals surface area contributed by atoms with Crippen molar-refractivity contribution in [2.75, 3.05) is 5.32 Å². The number of hydrogen-bond acceptors (Lipinski definition) is 4. The van der Waals surface area contributed by atoms with Crippen molar-refractivity contribution in [3.05, 3.63) is 157 Å². The van der Waals surface area contributed by atoms with E-state index in [0.29, 0.717) is 0 Å². The van der Waals surface area contributed by atoms with Gasteiger partial charge in [0.15, 0.2) is 0 Å². The maximum Gasteiger partial charge on any atom is 0.136 e. The third-order valence-corrected chi connectivity index (χ3v) is 8.47. The van der Waals surface area contributed by atoms with Crippen LogP contribution in [-0.2, 0) is 20.1 Å². The van der Waals surface area contributed by atoms with Gasteiger partial charge in [0.2, 0.25) is 0 Å². The van der Waals surface area contributed by atoms with Crippen LogP contribution in [-0.4, -0.2) is 9.97 Å². The third-order valence-electron chi connectivity index (χ3n) is 8.47. The molecular weight excluding hydrogens is 755 g/mol. The molecule has 5 heteroatoms. The molecule has 9 rings (SSSR count). The molecule has 2 bridgehead atoms. The smallest absolute Gasteiger partial charge is 0.136 e. The molecule has 0 amide bonds. The second kappa shape index (κ2) is 12.8. The fraction of sp³-hybridized carbons (Fsp3) is 0.0476. The normalized spacial score (nSPS) is 11.2. The Bertz CT molecular complexity index is 2310. The summed E-state index contributed by atoms with van der Waals surface area (Å²) < 4.78 is 6.38. The molecule has 0 atom stereocenters. The van der Waals surface area contributed by atoms with Crippen LogP contribution in [0.3, 0.4) is 0 Å². The molecule has 47 heavy (non-hydrogen) atoms. The first-order valence-corrected chi connectivity index (χ1v) is 15.3. The van der Waals surface area contributed by atoms with E-state index in [1.807, 2.05) is 66.9 Å². The van der Waals surface area contributed by atoms with Gasteiger partial charge in [0.25, 0.3) is 0 Å². The van der Waals surface area contributed by atoms with E-state index in [1.165, 1.54) is 16.7 Å². The van der Waals surface area contributed by atoms with Gasteiger partial charge in [-0.05, 0) is 77.4 Å². The Morgan fingerprint density at radius 1 is 0.638 bits per heavy atom. The fourth-order valence-electron chi connectivity index (χ4n) is 6.22. The molecule has 5 aromatic carbocycles. The van der Waals surface area contributed by atoms with Crippen LogP contribution >= 0.6 is 0 Å². The van der Waals surface area contributed by atoms with E-state index < -0.39 is 0 Å². The van der Waals surface area contributed by atoms with Crippen LogP contribution < -0.4 is 5.32 Å². The maximum absolute atomic E-state index is 6.38. The Labute approximate surface area is 287 Å². The molecule has 0 aliphatic carbocycles. The molecule has 229 valence electrons. The standard InChI is InChI=1S/C31H21N2O.C11H8N.Ir/c1-18-11-13-25(32-17-18)20-12-14-27-24(15-20)23-16-29-31(22-8-4-6-10-28(22)34-29)30(19(23)2)21-7-3-5-9-26(21)33-27;1-2-6-10(7-3-1)11-8-4-5-9-12-11;/h3-11,13-17,33H,1-2H3;1-6,8-9H;/q2*-1;. The summed E-state index contributed by atoms with van der Waals surface area (Å²) in [5.41, 5.74) is 14.9. The molecule has 3 aromatic heterocycles. The third kappa shape index (κ3) is 5.65. The van der Waals surface area contributed by atoms with Gasteiger partial charge in [-0.3, -0.25) is 0 Å². The van der Waals surface area contributed by atoms with Crippen molar-refractivity contribution in [3.8, 4) is 44.8 Å². The van der Waals surface area contributed by atoms with Crippen molar-refractivity contribution in [1.82, 2.24) is 9.97 Å². The SMILES string of the molecule is Cc1ccc(-c2[c-]cc3c(c2)-c2cc4oc5ccccc5c4c(c2C)-c2ccccc2N3)nc1.[Ir].[c-]1ccccc1-c1ccccn1. The number of pyridine rings is 2. The molecule has 1 aliphatic rings. The first kappa shape index (κ1) is 30.3. The molecule has 0 spiro atoms. The van der Waals surface area contributed by atoms with E-state index in [2.05, 4.69) is 102 Å². The van der Waals surface area contributed by atoms with Gasteiger partial charge in [0.05, 0.1) is 0 Å². The summed E-state index contributed by atoms with van der Waals surface area (Å²) in [5, 5.41) is 6.00. The Morgan fingerprint density at radius 2 is 1.45 bits per heavy atom. The van der Waals surface area contributed by atoms with E-state index >= 15 is 0 Å². The molecule has 4 heterocycles. The zero-order valence-electron chi connectivity index (χ0n) is 25.8. The second-order valence-electron chi connectivity index (χ2n) is 11.5. The zero-order valence-corrected chi connectivity index (χ0v) is 28.2. The average molecular weight is 784 g/mol. The topological polar surface area (TPSA) is 51.0 Å². The monoisotopic (exact) mass is 784 g/mol. The molecule has 1 N–H and O–H groups in total. The van der Waals surface area contributed by atoms with Crippen LogP contribution in [0.2, 0.25) is 0 Å². The summed E-state index contributed by atoms with van der Waals surface area (Å²) in [6.07, 6.45) is 3.69. The number of aryl methyl sites for hydroxylation is 1. The zero-order chi connectivity index (χ0) is 31.0.